The number of anilines is 1. The molecule has 0 fully saturated rings. The standard InChI is InChI=1S/C12H18F3N3O2S/c1-2-16-11-6-5-10(9-17-11)21(19,20)18-8-4-3-7-12(13,14)15/h5-6,9,18H,2-4,7-8H2,1H3,(H,16,17). The molecule has 21 heavy (non-hydrogen) atoms. The molecule has 0 aliphatic carbocycles. The summed E-state index contributed by atoms with van der Waals surface area (Å²) in [6.07, 6.45) is -3.89. The molecule has 0 unspecified atom stereocenters. The van der Waals surface area contributed by atoms with Crippen LogP contribution in [0.4, 0.5) is 19.0 Å². The summed E-state index contributed by atoms with van der Waals surface area (Å²) in [7, 11) is -3.73. The van der Waals surface area contributed by atoms with Crippen molar-refractivity contribution in [2.24, 2.45) is 0 Å². The topological polar surface area (TPSA) is 71.1 Å². The maximum Gasteiger partial charge on any atom is 0.389 e. The first kappa shape index (κ1) is 17.7. The average molecular weight is 325 g/mol. The van der Waals surface area contributed by atoms with Crippen LogP contribution in [0.25, 0.3) is 0 Å². The molecule has 0 atom stereocenters. The van der Waals surface area contributed by atoms with E-state index in [1.54, 1.807) is 0 Å². The van der Waals surface area contributed by atoms with Crippen LogP contribution in [0.1, 0.15) is 26.2 Å². The maximum absolute atomic E-state index is 11.9. The number of sulfonamides is 1. The van der Waals surface area contributed by atoms with Crippen molar-refractivity contribution in [2.75, 3.05) is 18.4 Å². The number of unbranched alkanes of at least 4 members (excludes halogenated alkanes) is 1. The molecule has 1 aromatic rings. The second-order valence-electron chi connectivity index (χ2n) is 4.38. The molecular weight excluding hydrogens is 307 g/mol. The van der Waals surface area contributed by atoms with Gasteiger partial charge < -0.3 is 5.32 Å². The minimum Gasteiger partial charge on any atom is -0.370 e. The highest BCUT2D eigenvalue weighted by atomic mass is 32.2. The van der Waals surface area contributed by atoms with Crippen LogP contribution in [0.15, 0.2) is 23.2 Å². The van der Waals surface area contributed by atoms with Gasteiger partial charge in [0.25, 0.3) is 0 Å². The van der Waals surface area contributed by atoms with Gasteiger partial charge in [0.1, 0.15) is 10.7 Å². The fourth-order valence-electron chi connectivity index (χ4n) is 1.57. The Labute approximate surface area is 122 Å². The molecule has 1 rings (SSSR count). The van der Waals surface area contributed by atoms with Crippen LogP contribution in [-0.2, 0) is 10.0 Å². The van der Waals surface area contributed by atoms with E-state index in [2.05, 4.69) is 15.0 Å². The van der Waals surface area contributed by atoms with Gasteiger partial charge in [-0.2, -0.15) is 13.2 Å². The van der Waals surface area contributed by atoms with Crippen molar-refractivity contribution in [3.8, 4) is 0 Å². The summed E-state index contributed by atoms with van der Waals surface area (Å²) in [6, 6.07) is 2.92. The SMILES string of the molecule is CCNc1ccc(S(=O)(=O)NCCCCC(F)(F)F)cn1. The Hall–Kier alpha value is -1.35. The van der Waals surface area contributed by atoms with E-state index in [1.165, 1.54) is 18.3 Å². The summed E-state index contributed by atoms with van der Waals surface area (Å²) in [5.41, 5.74) is 0. The van der Waals surface area contributed by atoms with E-state index in [0.29, 0.717) is 12.4 Å². The number of hydrogen-bond acceptors (Lipinski definition) is 4. The summed E-state index contributed by atoms with van der Waals surface area (Å²) in [5, 5.41) is 2.93. The monoisotopic (exact) mass is 325 g/mol. The zero-order valence-corrected chi connectivity index (χ0v) is 12.4. The van der Waals surface area contributed by atoms with Crippen molar-refractivity contribution in [3.05, 3.63) is 18.3 Å². The van der Waals surface area contributed by atoms with Crippen LogP contribution < -0.4 is 10.0 Å². The highest BCUT2D eigenvalue weighted by Crippen LogP contribution is 2.22. The van der Waals surface area contributed by atoms with Crippen LogP contribution in [0.2, 0.25) is 0 Å². The second kappa shape index (κ2) is 7.60. The first-order valence-corrected chi connectivity index (χ1v) is 7.99. The van der Waals surface area contributed by atoms with Gasteiger partial charge in [-0.25, -0.2) is 18.1 Å². The minimum absolute atomic E-state index is 0.0139. The van der Waals surface area contributed by atoms with Crippen molar-refractivity contribution < 1.29 is 21.6 Å². The van der Waals surface area contributed by atoms with E-state index in [4.69, 9.17) is 0 Å². The molecule has 2 N–H and O–H groups in total. The van der Waals surface area contributed by atoms with Crippen LogP contribution >= 0.6 is 0 Å². The van der Waals surface area contributed by atoms with E-state index in [-0.39, 0.29) is 24.3 Å². The Morgan fingerprint density at radius 1 is 1.24 bits per heavy atom. The predicted octanol–water partition coefficient (Wildman–Crippen LogP) is 2.52. The fraction of sp³-hybridized carbons (Fsp3) is 0.583. The average Bonchev–Trinajstić information content (AvgIpc) is 2.38. The summed E-state index contributed by atoms with van der Waals surface area (Å²) < 4.78 is 61.8. The van der Waals surface area contributed by atoms with Crippen molar-refractivity contribution >= 4 is 15.8 Å². The van der Waals surface area contributed by atoms with Gasteiger partial charge in [-0.15, -0.1) is 0 Å². The van der Waals surface area contributed by atoms with Crippen molar-refractivity contribution in [1.29, 1.82) is 0 Å². The highest BCUT2D eigenvalue weighted by Gasteiger charge is 2.25. The first-order valence-electron chi connectivity index (χ1n) is 6.51. The fourth-order valence-corrected chi connectivity index (χ4v) is 2.58. The molecule has 1 aromatic heterocycles. The van der Waals surface area contributed by atoms with Gasteiger partial charge in [0.2, 0.25) is 10.0 Å². The normalized spacial score (nSPS) is 12.4. The Morgan fingerprint density at radius 3 is 2.48 bits per heavy atom. The number of nitrogens with one attached hydrogen (secondary N) is 2. The molecule has 120 valence electrons. The Bertz CT molecular complexity index is 530. The van der Waals surface area contributed by atoms with E-state index in [9.17, 15) is 21.6 Å². The molecule has 0 aromatic carbocycles. The van der Waals surface area contributed by atoms with Crippen molar-refractivity contribution in [2.45, 2.75) is 37.3 Å². The van der Waals surface area contributed by atoms with Gasteiger partial charge in [-0.3, -0.25) is 0 Å². The molecule has 9 heteroatoms. The lowest BCUT2D eigenvalue weighted by Crippen LogP contribution is -2.25. The number of aromatic nitrogens is 1. The quantitative estimate of drug-likeness (QED) is 0.721. The van der Waals surface area contributed by atoms with Crippen molar-refractivity contribution in [3.63, 3.8) is 0 Å². The van der Waals surface area contributed by atoms with E-state index in [0.717, 1.165) is 0 Å². The molecule has 5 nitrogen and oxygen atoms in total. The van der Waals surface area contributed by atoms with Crippen LogP contribution in [0.3, 0.4) is 0 Å². The molecule has 0 radical (unpaired) electrons. The Kier molecular flexibility index (Phi) is 6.41. The van der Waals surface area contributed by atoms with Crippen LogP contribution in [0.5, 0.6) is 0 Å². The zero-order chi connectivity index (χ0) is 15.9. The Morgan fingerprint density at radius 2 is 1.95 bits per heavy atom. The van der Waals surface area contributed by atoms with Gasteiger partial charge in [0.05, 0.1) is 0 Å². The lowest BCUT2D eigenvalue weighted by molar-refractivity contribution is -0.135. The van der Waals surface area contributed by atoms with Gasteiger partial charge in [0.15, 0.2) is 0 Å². The van der Waals surface area contributed by atoms with Gasteiger partial charge in [-0.1, -0.05) is 0 Å². The Balaban J connectivity index is 2.46. The number of halogens is 3. The van der Waals surface area contributed by atoms with Crippen LogP contribution in [0, 0.1) is 0 Å². The van der Waals surface area contributed by atoms with Crippen LogP contribution in [-0.4, -0.2) is 32.7 Å². The lowest BCUT2D eigenvalue weighted by Gasteiger charge is -2.08. The lowest BCUT2D eigenvalue weighted by atomic mass is 10.2. The molecule has 0 aliphatic heterocycles. The third-order valence-corrected chi connectivity index (χ3v) is 4.03. The van der Waals surface area contributed by atoms with Gasteiger partial charge >= 0.3 is 6.18 Å². The maximum atomic E-state index is 11.9. The van der Waals surface area contributed by atoms with E-state index < -0.39 is 22.6 Å². The second-order valence-corrected chi connectivity index (χ2v) is 6.15. The van der Waals surface area contributed by atoms with E-state index in [1.807, 2.05) is 6.92 Å². The number of rotatable bonds is 8. The smallest absolute Gasteiger partial charge is 0.370 e. The van der Waals surface area contributed by atoms with E-state index >= 15 is 0 Å². The highest BCUT2D eigenvalue weighted by molar-refractivity contribution is 7.89. The van der Waals surface area contributed by atoms with Crippen molar-refractivity contribution in [1.82, 2.24) is 9.71 Å². The zero-order valence-electron chi connectivity index (χ0n) is 11.6. The third-order valence-electron chi connectivity index (χ3n) is 2.58. The summed E-state index contributed by atoms with van der Waals surface area (Å²) in [6.45, 7) is 2.51. The first-order chi connectivity index (χ1) is 9.74. The molecule has 1 heterocycles. The minimum atomic E-state index is -4.20. The molecule has 0 amide bonds. The molecular formula is C12H18F3N3O2S. The molecule has 0 bridgehead atoms. The molecule has 0 saturated carbocycles. The largest absolute Gasteiger partial charge is 0.389 e. The number of hydrogen-bond donors (Lipinski definition) is 2. The number of pyridine rings is 1. The third kappa shape index (κ3) is 6.76. The van der Waals surface area contributed by atoms with Gasteiger partial charge in [-0.05, 0) is 31.9 Å². The predicted molar refractivity (Wildman–Crippen MR) is 73.5 cm³/mol. The molecule has 0 saturated heterocycles. The molecule has 0 spiro atoms. The molecule has 0 aliphatic rings. The number of alkyl halides is 3. The summed E-state index contributed by atoms with van der Waals surface area (Å²) in [4.78, 5) is 3.92. The number of nitrogens with zero attached hydrogens (tertiary/aromatic N) is 1. The summed E-state index contributed by atoms with van der Waals surface area (Å²) >= 11 is 0. The van der Waals surface area contributed by atoms with Gasteiger partial charge in [0, 0.05) is 25.7 Å². The summed E-state index contributed by atoms with van der Waals surface area (Å²) in [5.74, 6) is 0.557.